The molecule has 0 aromatic heterocycles. The van der Waals surface area contributed by atoms with Crippen molar-refractivity contribution in [2.24, 2.45) is 11.7 Å². The summed E-state index contributed by atoms with van der Waals surface area (Å²) in [7, 11) is 0. The minimum absolute atomic E-state index is 0.475. The van der Waals surface area contributed by atoms with Gasteiger partial charge in [0, 0.05) is 5.54 Å². The Morgan fingerprint density at radius 3 is 2.55 bits per heavy atom. The van der Waals surface area contributed by atoms with Crippen LogP contribution in [0.3, 0.4) is 0 Å². The molecular formula is C9H20N2. The summed E-state index contributed by atoms with van der Waals surface area (Å²) >= 11 is 0. The van der Waals surface area contributed by atoms with E-state index in [-0.39, 0.29) is 0 Å². The van der Waals surface area contributed by atoms with Gasteiger partial charge in [0.25, 0.3) is 0 Å². The molecule has 2 heteroatoms. The van der Waals surface area contributed by atoms with Gasteiger partial charge in [-0.2, -0.15) is 0 Å². The van der Waals surface area contributed by atoms with Crippen LogP contribution in [0.5, 0.6) is 0 Å². The summed E-state index contributed by atoms with van der Waals surface area (Å²) in [6, 6.07) is 0. The van der Waals surface area contributed by atoms with E-state index in [1.54, 1.807) is 0 Å². The summed E-state index contributed by atoms with van der Waals surface area (Å²) in [6.45, 7) is 6.41. The van der Waals surface area contributed by atoms with E-state index in [4.69, 9.17) is 5.73 Å². The molecule has 1 atom stereocenters. The molecule has 0 aromatic rings. The lowest BCUT2D eigenvalue weighted by atomic mass is 10.1. The van der Waals surface area contributed by atoms with Crippen molar-refractivity contribution in [3.8, 4) is 0 Å². The van der Waals surface area contributed by atoms with Gasteiger partial charge in [0.15, 0.2) is 0 Å². The third-order valence-electron chi connectivity index (χ3n) is 2.73. The Morgan fingerprint density at radius 1 is 1.55 bits per heavy atom. The van der Waals surface area contributed by atoms with Gasteiger partial charge in [-0.1, -0.05) is 13.3 Å². The minimum atomic E-state index is 0.475. The van der Waals surface area contributed by atoms with Gasteiger partial charge in [0.2, 0.25) is 0 Å². The zero-order valence-electron chi connectivity index (χ0n) is 7.69. The quantitative estimate of drug-likeness (QED) is 0.626. The number of hydrogen-bond donors (Lipinski definition) is 2. The topological polar surface area (TPSA) is 38.0 Å². The highest BCUT2D eigenvalue weighted by molar-refractivity contribution is 4.97. The zero-order valence-corrected chi connectivity index (χ0v) is 7.69. The third-order valence-corrected chi connectivity index (χ3v) is 2.73. The van der Waals surface area contributed by atoms with Crippen molar-refractivity contribution < 1.29 is 0 Å². The first-order chi connectivity index (χ1) is 5.20. The lowest BCUT2D eigenvalue weighted by Gasteiger charge is -2.17. The standard InChI is InChI=1S/C9H20N2/c1-3-8(6-10)7-11-9(2)4-5-9/h8,11H,3-7,10H2,1-2H3. The van der Waals surface area contributed by atoms with E-state index in [1.807, 2.05) is 0 Å². The number of rotatable bonds is 5. The Bertz CT molecular complexity index is 115. The number of hydrogen-bond acceptors (Lipinski definition) is 2. The molecule has 1 aliphatic rings. The van der Waals surface area contributed by atoms with Crippen LogP contribution < -0.4 is 11.1 Å². The Morgan fingerprint density at radius 2 is 2.18 bits per heavy atom. The predicted molar refractivity (Wildman–Crippen MR) is 48.5 cm³/mol. The summed E-state index contributed by atoms with van der Waals surface area (Å²) in [5.41, 5.74) is 6.07. The molecule has 1 aliphatic carbocycles. The van der Waals surface area contributed by atoms with Crippen LogP contribution >= 0.6 is 0 Å². The number of nitrogens with two attached hydrogens (primary N) is 1. The van der Waals surface area contributed by atoms with Crippen LogP contribution in [0.25, 0.3) is 0 Å². The van der Waals surface area contributed by atoms with Gasteiger partial charge in [0.05, 0.1) is 0 Å². The first-order valence-electron chi connectivity index (χ1n) is 4.65. The molecular weight excluding hydrogens is 136 g/mol. The lowest BCUT2D eigenvalue weighted by Crippen LogP contribution is -2.35. The molecule has 0 bridgehead atoms. The smallest absolute Gasteiger partial charge is 0.0154 e. The van der Waals surface area contributed by atoms with E-state index in [0.29, 0.717) is 11.5 Å². The molecule has 0 saturated heterocycles. The van der Waals surface area contributed by atoms with E-state index in [1.165, 1.54) is 19.3 Å². The van der Waals surface area contributed by atoms with Gasteiger partial charge in [-0.25, -0.2) is 0 Å². The average molecular weight is 156 g/mol. The van der Waals surface area contributed by atoms with Crippen LogP contribution in [-0.2, 0) is 0 Å². The molecule has 66 valence electrons. The van der Waals surface area contributed by atoms with Gasteiger partial charge in [0.1, 0.15) is 0 Å². The largest absolute Gasteiger partial charge is 0.330 e. The maximum atomic E-state index is 5.59. The summed E-state index contributed by atoms with van der Waals surface area (Å²) < 4.78 is 0. The summed E-state index contributed by atoms with van der Waals surface area (Å²) in [5, 5.41) is 3.55. The van der Waals surface area contributed by atoms with Gasteiger partial charge >= 0.3 is 0 Å². The van der Waals surface area contributed by atoms with Gasteiger partial charge in [-0.05, 0) is 38.8 Å². The van der Waals surface area contributed by atoms with Gasteiger partial charge < -0.3 is 11.1 Å². The second-order valence-electron chi connectivity index (χ2n) is 3.95. The molecule has 2 nitrogen and oxygen atoms in total. The zero-order chi connectivity index (χ0) is 8.32. The fraction of sp³-hybridized carbons (Fsp3) is 1.00. The molecule has 0 amide bonds. The molecule has 0 aromatic carbocycles. The van der Waals surface area contributed by atoms with Crippen LogP contribution in [0.2, 0.25) is 0 Å². The molecule has 11 heavy (non-hydrogen) atoms. The van der Waals surface area contributed by atoms with Gasteiger partial charge in [-0.15, -0.1) is 0 Å². The Kier molecular flexibility index (Phi) is 2.90. The number of nitrogens with one attached hydrogen (secondary N) is 1. The first-order valence-corrected chi connectivity index (χ1v) is 4.65. The monoisotopic (exact) mass is 156 g/mol. The first kappa shape index (κ1) is 9.01. The molecule has 0 spiro atoms. The summed E-state index contributed by atoms with van der Waals surface area (Å²) in [4.78, 5) is 0. The molecule has 1 fully saturated rings. The fourth-order valence-corrected chi connectivity index (χ4v) is 1.15. The Labute approximate surface area is 69.5 Å². The second kappa shape index (κ2) is 3.55. The minimum Gasteiger partial charge on any atom is -0.330 e. The molecule has 0 heterocycles. The predicted octanol–water partition coefficient (Wildman–Crippen LogP) is 1.11. The van der Waals surface area contributed by atoms with Crippen molar-refractivity contribution in [1.82, 2.24) is 5.32 Å². The highest BCUT2D eigenvalue weighted by atomic mass is 15.0. The molecule has 1 saturated carbocycles. The summed E-state index contributed by atoms with van der Waals surface area (Å²) in [5.74, 6) is 0.674. The maximum Gasteiger partial charge on any atom is 0.0154 e. The van der Waals surface area contributed by atoms with Crippen molar-refractivity contribution in [1.29, 1.82) is 0 Å². The fourth-order valence-electron chi connectivity index (χ4n) is 1.15. The molecule has 0 radical (unpaired) electrons. The lowest BCUT2D eigenvalue weighted by molar-refractivity contribution is 0.425. The van der Waals surface area contributed by atoms with E-state index in [2.05, 4.69) is 19.2 Å². The normalized spacial score (nSPS) is 23.2. The maximum absolute atomic E-state index is 5.59. The highest BCUT2D eigenvalue weighted by Gasteiger charge is 2.36. The SMILES string of the molecule is CCC(CN)CNC1(C)CC1. The molecule has 1 rings (SSSR count). The van der Waals surface area contributed by atoms with Crippen molar-refractivity contribution in [2.45, 2.75) is 38.6 Å². The van der Waals surface area contributed by atoms with Crippen molar-refractivity contribution in [2.75, 3.05) is 13.1 Å². The van der Waals surface area contributed by atoms with Crippen molar-refractivity contribution >= 4 is 0 Å². The van der Waals surface area contributed by atoms with E-state index >= 15 is 0 Å². The second-order valence-corrected chi connectivity index (χ2v) is 3.95. The molecule has 0 aliphatic heterocycles. The highest BCUT2D eigenvalue weighted by Crippen LogP contribution is 2.34. The van der Waals surface area contributed by atoms with Gasteiger partial charge in [-0.3, -0.25) is 0 Å². The van der Waals surface area contributed by atoms with Crippen LogP contribution in [0.1, 0.15) is 33.1 Å². The molecule has 3 N–H and O–H groups in total. The van der Waals surface area contributed by atoms with Crippen LogP contribution in [-0.4, -0.2) is 18.6 Å². The van der Waals surface area contributed by atoms with E-state index in [0.717, 1.165) is 13.1 Å². The Hall–Kier alpha value is -0.0800. The van der Waals surface area contributed by atoms with Crippen molar-refractivity contribution in [3.05, 3.63) is 0 Å². The average Bonchev–Trinajstić information content (AvgIpc) is 2.71. The van der Waals surface area contributed by atoms with Crippen molar-refractivity contribution in [3.63, 3.8) is 0 Å². The van der Waals surface area contributed by atoms with Crippen LogP contribution in [0.15, 0.2) is 0 Å². The Balaban J connectivity index is 2.09. The summed E-state index contributed by atoms with van der Waals surface area (Å²) in [6.07, 6.45) is 3.88. The third kappa shape index (κ3) is 2.80. The molecule has 1 unspecified atom stereocenters. The van der Waals surface area contributed by atoms with E-state index < -0.39 is 0 Å². The van der Waals surface area contributed by atoms with Crippen LogP contribution in [0, 0.1) is 5.92 Å². The van der Waals surface area contributed by atoms with Crippen LogP contribution in [0.4, 0.5) is 0 Å². The van der Waals surface area contributed by atoms with E-state index in [9.17, 15) is 0 Å².